The lowest BCUT2D eigenvalue weighted by atomic mass is 10.0. The molecule has 0 spiro atoms. The van der Waals surface area contributed by atoms with Crippen molar-refractivity contribution in [2.24, 2.45) is 5.92 Å². The predicted molar refractivity (Wildman–Crippen MR) is 180 cm³/mol. The number of sulfonamides is 1. The first-order chi connectivity index (χ1) is 22.4. The fourth-order valence-electron chi connectivity index (χ4n) is 5.18. The lowest BCUT2D eigenvalue weighted by Gasteiger charge is -2.35. The maximum absolute atomic E-state index is 14.3. The fourth-order valence-corrected chi connectivity index (χ4v) is 7.22. The molecule has 14 heteroatoms. The van der Waals surface area contributed by atoms with Gasteiger partial charge >= 0.3 is 6.03 Å². The number of halogens is 1. The minimum absolute atomic E-state index is 0.139. The number of benzene rings is 2. The van der Waals surface area contributed by atoms with Gasteiger partial charge in [-0.3, -0.25) is 9.52 Å². The van der Waals surface area contributed by atoms with Gasteiger partial charge in [-0.2, -0.15) is 0 Å². The lowest BCUT2D eigenvalue weighted by Crippen LogP contribution is -2.48. The number of urea groups is 1. The number of thiophene rings is 1. The Morgan fingerprint density at radius 3 is 2.55 bits per heavy atom. The molecule has 3 aromatic rings. The predicted octanol–water partition coefficient (Wildman–Crippen LogP) is 5.65. The highest BCUT2D eigenvalue weighted by Gasteiger charge is 2.31. The van der Waals surface area contributed by atoms with E-state index in [4.69, 9.17) is 9.47 Å². The standard InChI is InChI=1S/C33H43FN4O7S2/c1-22-19-38(23(2)21-39)32(40)28-18-27(36-47(42,43)31-9-7-17-46-31)14-15-29(28)45-24(3)8-5-6-16-44-30(22)20-37(4)33(41)35-26-12-10-25(34)11-13-26/h7,9-15,17-18,22-24,30,36,39H,5-6,8,16,19-21H2,1-4H3,(H,35,41)/t22-,23+,24+,30+/m1/s1. The number of nitrogens with one attached hydrogen (secondary N) is 2. The van der Waals surface area contributed by atoms with Gasteiger partial charge in [-0.15, -0.1) is 11.3 Å². The summed E-state index contributed by atoms with van der Waals surface area (Å²) < 4.78 is 54.5. The average Bonchev–Trinajstić information content (AvgIpc) is 3.60. The van der Waals surface area contributed by atoms with E-state index in [-0.39, 0.29) is 47.2 Å². The first-order valence-electron chi connectivity index (χ1n) is 15.6. The van der Waals surface area contributed by atoms with Crippen LogP contribution in [0.15, 0.2) is 64.2 Å². The van der Waals surface area contributed by atoms with Gasteiger partial charge in [-0.25, -0.2) is 17.6 Å². The van der Waals surface area contributed by atoms with E-state index in [0.717, 1.165) is 24.2 Å². The number of aliphatic hydroxyl groups excluding tert-OH is 1. The van der Waals surface area contributed by atoms with Crippen LogP contribution in [-0.4, -0.2) is 86.9 Å². The molecular weight excluding hydrogens is 648 g/mol. The van der Waals surface area contributed by atoms with Crippen LogP contribution in [-0.2, 0) is 14.8 Å². The van der Waals surface area contributed by atoms with E-state index in [0.29, 0.717) is 24.5 Å². The molecule has 4 atom stereocenters. The number of hydrogen-bond donors (Lipinski definition) is 3. The number of carbonyl (C=O) groups excluding carboxylic acids is 2. The Balaban J connectivity index is 1.61. The highest BCUT2D eigenvalue weighted by atomic mass is 32.2. The molecule has 0 unspecified atom stereocenters. The molecule has 256 valence electrons. The summed E-state index contributed by atoms with van der Waals surface area (Å²) in [4.78, 5) is 30.3. The maximum Gasteiger partial charge on any atom is 0.321 e. The number of anilines is 2. The smallest absolute Gasteiger partial charge is 0.321 e. The van der Waals surface area contributed by atoms with Gasteiger partial charge in [-0.1, -0.05) is 13.0 Å². The minimum atomic E-state index is -3.87. The zero-order valence-electron chi connectivity index (χ0n) is 27.0. The van der Waals surface area contributed by atoms with Gasteiger partial charge in [-0.05, 0) is 87.0 Å². The summed E-state index contributed by atoms with van der Waals surface area (Å²) in [5.41, 5.74) is 0.799. The Morgan fingerprint density at radius 1 is 1.15 bits per heavy atom. The number of amides is 3. The van der Waals surface area contributed by atoms with Crippen molar-refractivity contribution >= 4 is 44.7 Å². The molecule has 0 aliphatic carbocycles. The number of hydrogen-bond acceptors (Lipinski definition) is 8. The van der Waals surface area contributed by atoms with Gasteiger partial charge in [0.2, 0.25) is 0 Å². The van der Waals surface area contributed by atoms with Crippen LogP contribution in [0.3, 0.4) is 0 Å². The van der Waals surface area contributed by atoms with Crippen LogP contribution >= 0.6 is 11.3 Å². The number of rotatable bonds is 8. The van der Waals surface area contributed by atoms with Gasteiger partial charge in [0.15, 0.2) is 0 Å². The Hall–Kier alpha value is -3.72. The summed E-state index contributed by atoms with van der Waals surface area (Å²) in [6.45, 7) is 6.02. The van der Waals surface area contributed by atoms with Gasteiger partial charge < -0.3 is 29.7 Å². The van der Waals surface area contributed by atoms with E-state index < -0.39 is 39.9 Å². The van der Waals surface area contributed by atoms with Crippen LogP contribution in [0.4, 0.5) is 20.6 Å². The number of likely N-dealkylation sites (N-methyl/N-ethyl adjacent to an activating group) is 1. The van der Waals surface area contributed by atoms with Crippen LogP contribution in [0.25, 0.3) is 0 Å². The molecule has 2 aromatic carbocycles. The quantitative estimate of drug-likeness (QED) is 0.278. The summed E-state index contributed by atoms with van der Waals surface area (Å²) in [6.07, 6.45) is 1.49. The first-order valence-corrected chi connectivity index (χ1v) is 17.9. The normalized spacial score (nSPS) is 20.3. The largest absolute Gasteiger partial charge is 0.490 e. The Kier molecular flexibility index (Phi) is 12.6. The highest BCUT2D eigenvalue weighted by Crippen LogP contribution is 2.30. The van der Waals surface area contributed by atoms with Crippen LogP contribution in [0.2, 0.25) is 0 Å². The molecule has 0 fully saturated rings. The highest BCUT2D eigenvalue weighted by molar-refractivity contribution is 7.94. The first kappa shape index (κ1) is 36.1. The molecule has 1 aliphatic rings. The topological polar surface area (TPSA) is 138 Å². The molecule has 11 nitrogen and oxygen atoms in total. The molecule has 2 heterocycles. The average molecular weight is 691 g/mol. The molecule has 3 N–H and O–H groups in total. The number of carbonyl (C=O) groups is 2. The van der Waals surface area contributed by atoms with Crippen LogP contribution in [0.1, 0.15) is 50.4 Å². The van der Waals surface area contributed by atoms with E-state index in [1.54, 1.807) is 37.6 Å². The van der Waals surface area contributed by atoms with Crippen molar-refractivity contribution < 1.29 is 37.0 Å². The van der Waals surface area contributed by atoms with Gasteiger partial charge in [0.05, 0.1) is 30.4 Å². The van der Waals surface area contributed by atoms with Crippen molar-refractivity contribution in [2.45, 2.75) is 62.5 Å². The molecule has 0 saturated carbocycles. The zero-order valence-corrected chi connectivity index (χ0v) is 28.7. The van der Waals surface area contributed by atoms with Gasteiger partial charge in [0, 0.05) is 44.0 Å². The fraction of sp³-hybridized carbons (Fsp3) is 0.455. The van der Waals surface area contributed by atoms with Gasteiger partial charge in [0.25, 0.3) is 15.9 Å². The Morgan fingerprint density at radius 2 is 1.87 bits per heavy atom. The molecule has 4 rings (SSSR count). The number of nitrogens with zero attached hydrogens (tertiary/aromatic N) is 2. The molecule has 0 bridgehead atoms. The molecule has 3 amide bonds. The van der Waals surface area contributed by atoms with Crippen molar-refractivity contribution in [1.82, 2.24) is 9.80 Å². The summed E-state index contributed by atoms with van der Waals surface area (Å²) in [6, 6.07) is 12.2. The molecule has 47 heavy (non-hydrogen) atoms. The minimum Gasteiger partial charge on any atom is -0.490 e. The van der Waals surface area contributed by atoms with Crippen LogP contribution in [0, 0.1) is 11.7 Å². The van der Waals surface area contributed by atoms with E-state index in [2.05, 4.69) is 10.0 Å². The van der Waals surface area contributed by atoms with Crippen molar-refractivity contribution in [1.29, 1.82) is 0 Å². The third-order valence-electron chi connectivity index (χ3n) is 7.96. The Bertz CT molecular complexity index is 1590. The van der Waals surface area contributed by atoms with E-state index in [1.165, 1.54) is 46.2 Å². The number of fused-ring (bicyclic) bond motifs is 1. The second-order valence-corrected chi connectivity index (χ2v) is 14.7. The van der Waals surface area contributed by atoms with E-state index in [9.17, 15) is 27.5 Å². The van der Waals surface area contributed by atoms with Crippen molar-refractivity contribution in [3.63, 3.8) is 0 Å². The zero-order chi connectivity index (χ0) is 34.1. The maximum atomic E-state index is 14.3. The molecule has 0 saturated heterocycles. The number of aliphatic hydroxyl groups is 1. The third kappa shape index (κ3) is 9.89. The lowest BCUT2D eigenvalue weighted by molar-refractivity contribution is -0.0115. The SMILES string of the molecule is C[C@@H]1CN([C@@H](C)CO)C(=O)c2cc(NS(=O)(=O)c3cccs3)ccc2O[C@@H](C)CCCCO[C@H]1CN(C)C(=O)Nc1ccc(F)cc1. The van der Waals surface area contributed by atoms with Crippen LogP contribution < -0.4 is 14.8 Å². The third-order valence-corrected chi connectivity index (χ3v) is 10.7. The van der Waals surface area contributed by atoms with E-state index >= 15 is 0 Å². The number of ether oxygens (including phenoxy) is 2. The van der Waals surface area contributed by atoms with Crippen LogP contribution in [0.5, 0.6) is 5.75 Å². The molecule has 1 aromatic heterocycles. The van der Waals surface area contributed by atoms with E-state index in [1.807, 2.05) is 13.8 Å². The van der Waals surface area contributed by atoms with Crippen molar-refractivity contribution in [3.05, 3.63) is 71.4 Å². The summed E-state index contributed by atoms with van der Waals surface area (Å²) in [5.74, 6) is -0.836. The summed E-state index contributed by atoms with van der Waals surface area (Å²) in [7, 11) is -2.24. The molecular formula is C33H43FN4O7S2. The second-order valence-electron chi connectivity index (χ2n) is 11.9. The second kappa shape index (κ2) is 16.4. The molecule has 1 aliphatic heterocycles. The monoisotopic (exact) mass is 690 g/mol. The Labute approximate surface area is 279 Å². The van der Waals surface area contributed by atoms with Crippen molar-refractivity contribution in [3.8, 4) is 5.75 Å². The molecule has 0 radical (unpaired) electrons. The summed E-state index contributed by atoms with van der Waals surface area (Å²) in [5, 5.41) is 14.6. The summed E-state index contributed by atoms with van der Waals surface area (Å²) >= 11 is 1.08. The van der Waals surface area contributed by atoms with Gasteiger partial charge in [0.1, 0.15) is 15.8 Å². The van der Waals surface area contributed by atoms with Crippen molar-refractivity contribution in [2.75, 3.05) is 43.4 Å².